The SMILES string of the molecule is CC1(C)C(=O)NC(=O)C1=Cc1ccccc1. The summed E-state index contributed by atoms with van der Waals surface area (Å²) in [5, 5.41) is 2.33. The summed E-state index contributed by atoms with van der Waals surface area (Å²) in [5.74, 6) is -0.529. The lowest BCUT2D eigenvalue weighted by Crippen LogP contribution is -2.26. The van der Waals surface area contributed by atoms with E-state index in [1.165, 1.54) is 0 Å². The van der Waals surface area contributed by atoms with Gasteiger partial charge in [0.2, 0.25) is 5.91 Å². The molecule has 1 aromatic rings. The third-order valence-corrected chi connectivity index (χ3v) is 2.82. The maximum atomic E-state index is 11.6. The summed E-state index contributed by atoms with van der Waals surface area (Å²) in [5.41, 5.74) is 0.701. The van der Waals surface area contributed by atoms with Crippen molar-refractivity contribution in [2.75, 3.05) is 0 Å². The van der Waals surface area contributed by atoms with E-state index in [1.807, 2.05) is 30.3 Å². The second-order valence-electron chi connectivity index (χ2n) is 4.38. The smallest absolute Gasteiger partial charge is 0.254 e. The molecule has 0 aliphatic carbocycles. The average molecular weight is 215 g/mol. The molecule has 3 nitrogen and oxygen atoms in total. The fourth-order valence-electron chi connectivity index (χ4n) is 1.69. The van der Waals surface area contributed by atoms with Gasteiger partial charge in [0.25, 0.3) is 5.91 Å². The van der Waals surface area contributed by atoms with E-state index in [2.05, 4.69) is 5.32 Å². The van der Waals surface area contributed by atoms with Crippen LogP contribution in [-0.2, 0) is 9.59 Å². The summed E-state index contributed by atoms with van der Waals surface area (Å²) in [7, 11) is 0. The molecule has 1 aromatic carbocycles. The van der Waals surface area contributed by atoms with E-state index in [0.29, 0.717) is 5.57 Å². The molecule has 1 aliphatic rings. The molecule has 82 valence electrons. The Morgan fingerprint density at radius 3 is 2.25 bits per heavy atom. The quantitative estimate of drug-likeness (QED) is 0.573. The van der Waals surface area contributed by atoms with Crippen molar-refractivity contribution >= 4 is 17.9 Å². The van der Waals surface area contributed by atoms with Crippen LogP contribution in [0.5, 0.6) is 0 Å². The molecule has 1 fully saturated rings. The van der Waals surface area contributed by atoms with E-state index in [9.17, 15) is 9.59 Å². The van der Waals surface area contributed by atoms with Gasteiger partial charge in [-0.3, -0.25) is 14.9 Å². The lowest BCUT2D eigenvalue weighted by atomic mass is 9.85. The fourth-order valence-corrected chi connectivity index (χ4v) is 1.69. The van der Waals surface area contributed by atoms with Gasteiger partial charge in [-0.15, -0.1) is 0 Å². The van der Waals surface area contributed by atoms with Crippen molar-refractivity contribution < 1.29 is 9.59 Å². The fraction of sp³-hybridized carbons (Fsp3) is 0.231. The number of nitrogens with one attached hydrogen (secondary N) is 1. The van der Waals surface area contributed by atoms with Crippen molar-refractivity contribution in [3.63, 3.8) is 0 Å². The first-order valence-electron chi connectivity index (χ1n) is 5.15. The van der Waals surface area contributed by atoms with Crippen molar-refractivity contribution in [1.82, 2.24) is 5.32 Å². The van der Waals surface area contributed by atoms with Gasteiger partial charge >= 0.3 is 0 Å². The highest BCUT2D eigenvalue weighted by Crippen LogP contribution is 2.32. The number of carbonyl (C=O) groups excluding carboxylic acids is 2. The molecule has 0 spiro atoms. The van der Waals surface area contributed by atoms with Crippen molar-refractivity contribution in [2.45, 2.75) is 13.8 Å². The average Bonchev–Trinajstić information content (AvgIpc) is 2.43. The van der Waals surface area contributed by atoms with Crippen LogP contribution < -0.4 is 5.32 Å². The summed E-state index contributed by atoms with van der Waals surface area (Å²) in [6.07, 6.45) is 1.76. The monoisotopic (exact) mass is 215 g/mol. The van der Waals surface area contributed by atoms with E-state index in [0.717, 1.165) is 5.56 Å². The highest BCUT2D eigenvalue weighted by Gasteiger charge is 2.43. The molecule has 1 aliphatic heterocycles. The molecule has 0 aromatic heterocycles. The van der Waals surface area contributed by atoms with Crippen LogP contribution in [0.2, 0.25) is 0 Å². The normalized spacial score (nSPS) is 21.2. The third kappa shape index (κ3) is 1.65. The summed E-state index contributed by atoms with van der Waals surface area (Å²) >= 11 is 0. The first-order valence-corrected chi connectivity index (χ1v) is 5.15. The minimum Gasteiger partial charge on any atom is -0.292 e. The van der Waals surface area contributed by atoms with Crippen LogP contribution in [0.4, 0.5) is 0 Å². The standard InChI is InChI=1S/C13H13NO2/c1-13(2)10(11(15)14-12(13)16)8-9-6-4-3-5-7-9/h3-8H,1-2H3,(H,14,15,16). The first-order chi connectivity index (χ1) is 7.51. The molecule has 0 saturated carbocycles. The van der Waals surface area contributed by atoms with Gasteiger partial charge in [-0.1, -0.05) is 30.3 Å². The number of hydrogen-bond donors (Lipinski definition) is 1. The molecule has 0 radical (unpaired) electrons. The van der Waals surface area contributed by atoms with Gasteiger partial charge in [0.1, 0.15) is 0 Å². The molecule has 1 heterocycles. The summed E-state index contributed by atoms with van der Waals surface area (Å²) in [6, 6.07) is 9.51. The number of hydrogen-bond acceptors (Lipinski definition) is 2. The van der Waals surface area contributed by atoms with Gasteiger partial charge in [0.15, 0.2) is 0 Å². The van der Waals surface area contributed by atoms with E-state index < -0.39 is 5.41 Å². The second-order valence-corrected chi connectivity index (χ2v) is 4.38. The van der Waals surface area contributed by atoms with Crippen molar-refractivity contribution in [3.8, 4) is 0 Å². The molecule has 0 atom stereocenters. The van der Waals surface area contributed by atoms with Gasteiger partial charge in [-0.25, -0.2) is 0 Å². The van der Waals surface area contributed by atoms with Crippen LogP contribution >= 0.6 is 0 Å². The Morgan fingerprint density at radius 1 is 1.12 bits per heavy atom. The lowest BCUT2D eigenvalue weighted by Gasteiger charge is -2.13. The van der Waals surface area contributed by atoms with Gasteiger partial charge in [0.05, 0.1) is 5.41 Å². The van der Waals surface area contributed by atoms with E-state index in [4.69, 9.17) is 0 Å². The van der Waals surface area contributed by atoms with E-state index in [1.54, 1.807) is 19.9 Å². The summed E-state index contributed by atoms with van der Waals surface area (Å²) < 4.78 is 0. The predicted octanol–water partition coefficient (Wildman–Crippen LogP) is 1.75. The molecule has 1 saturated heterocycles. The number of benzene rings is 1. The van der Waals surface area contributed by atoms with Crippen LogP contribution in [0.1, 0.15) is 19.4 Å². The van der Waals surface area contributed by atoms with Gasteiger partial charge in [0, 0.05) is 5.57 Å². The van der Waals surface area contributed by atoms with Gasteiger partial charge in [-0.2, -0.15) is 0 Å². The molecule has 0 unspecified atom stereocenters. The minimum absolute atomic E-state index is 0.236. The minimum atomic E-state index is -0.743. The number of carbonyl (C=O) groups is 2. The zero-order valence-electron chi connectivity index (χ0n) is 9.28. The molecular formula is C13H13NO2. The van der Waals surface area contributed by atoms with Crippen molar-refractivity contribution in [3.05, 3.63) is 41.5 Å². The summed E-state index contributed by atoms with van der Waals surface area (Å²) in [6.45, 7) is 3.50. The maximum Gasteiger partial charge on any atom is 0.254 e. The number of imide groups is 1. The third-order valence-electron chi connectivity index (χ3n) is 2.82. The largest absolute Gasteiger partial charge is 0.292 e. The van der Waals surface area contributed by atoms with E-state index >= 15 is 0 Å². The van der Waals surface area contributed by atoms with Crippen LogP contribution in [-0.4, -0.2) is 11.8 Å². The van der Waals surface area contributed by atoms with Crippen LogP contribution in [0.25, 0.3) is 6.08 Å². The first kappa shape index (κ1) is 10.6. The summed E-state index contributed by atoms with van der Waals surface area (Å²) in [4.78, 5) is 23.1. The van der Waals surface area contributed by atoms with Crippen LogP contribution in [0, 0.1) is 5.41 Å². The Hall–Kier alpha value is -1.90. The molecule has 2 amide bonds. The second kappa shape index (κ2) is 3.59. The van der Waals surface area contributed by atoms with Gasteiger partial charge < -0.3 is 0 Å². The Morgan fingerprint density at radius 2 is 1.75 bits per heavy atom. The zero-order valence-corrected chi connectivity index (χ0v) is 9.28. The Labute approximate surface area is 94.2 Å². The highest BCUT2D eigenvalue weighted by atomic mass is 16.2. The van der Waals surface area contributed by atoms with Crippen LogP contribution in [0.3, 0.4) is 0 Å². The molecular weight excluding hydrogens is 202 g/mol. The highest BCUT2D eigenvalue weighted by molar-refractivity contribution is 6.18. The Kier molecular flexibility index (Phi) is 2.38. The zero-order chi connectivity index (χ0) is 11.8. The van der Waals surface area contributed by atoms with Crippen LogP contribution in [0.15, 0.2) is 35.9 Å². The number of amides is 2. The predicted molar refractivity (Wildman–Crippen MR) is 61.3 cm³/mol. The number of rotatable bonds is 1. The molecule has 3 heteroatoms. The Bertz CT molecular complexity index is 472. The van der Waals surface area contributed by atoms with Crippen molar-refractivity contribution in [1.29, 1.82) is 0 Å². The molecule has 0 bridgehead atoms. The molecule has 2 rings (SSSR count). The Balaban J connectivity index is 2.45. The van der Waals surface area contributed by atoms with Gasteiger partial charge in [-0.05, 0) is 25.5 Å². The lowest BCUT2D eigenvalue weighted by molar-refractivity contribution is -0.127. The van der Waals surface area contributed by atoms with Crippen molar-refractivity contribution in [2.24, 2.45) is 5.41 Å². The molecule has 16 heavy (non-hydrogen) atoms. The molecule has 1 N–H and O–H groups in total. The van der Waals surface area contributed by atoms with E-state index in [-0.39, 0.29) is 11.8 Å². The maximum absolute atomic E-state index is 11.6. The topological polar surface area (TPSA) is 46.2 Å².